The SMILES string of the molecule is CN1CCC(OC(=O)c2ccccc2)C(C)(C)C1(C)C. The topological polar surface area (TPSA) is 29.5 Å². The molecule has 1 aliphatic rings. The van der Waals surface area contributed by atoms with Crippen molar-refractivity contribution >= 4 is 5.97 Å². The maximum Gasteiger partial charge on any atom is 0.338 e. The lowest BCUT2D eigenvalue weighted by Crippen LogP contribution is -2.62. The van der Waals surface area contributed by atoms with E-state index < -0.39 is 0 Å². The monoisotopic (exact) mass is 275 g/mol. The summed E-state index contributed by atoms with van der Waals surface area (Å²) in [5.41, 5.74) is 0.525. The van der Waals surface area contributed by atoms with Crippen LogP contribution in [0.4, 0.5) is 0 Å². The van der Waals surface area contributed by atoms with Gasteiger partial charge in [0.05, 0.1) is 5.56 Å². The van der Waals surface area contributed by atoms with Crippen molar-refractivity contribution in [3.63, 3.8) is 0 Å². The third-order valence-corrected chi connectivity index (χ3v) is 5.32. The lowest BCUT2D eigenvalue weighted by Gasteiger charge is -2.55. The normalized spacial score (nSPS) is 25.1. The quantitative estimate of drug-likeness (QED) is 0.775. The Bertz CT molecular complexity index is 479. The number of hydrogen-bond acceptors (Lipinski definition) is 3. The summed E-state index contributed by atoms with van der Waals surface area (Å²) >= 11 is 0. The summed E-state index contributed by atoms with van der Waals surface area (Å²) in [5.74, 6) is -0.218. The number of benzene rings is 1. The van der Waals surface area contributed by atoms with Gasteiger partial charge in [-0.05, 0) is 39.4 Å². The Morgan fingerprint density at radius 3 is 2.40 bits per heavy atom. The fourth-order valence-corrected chi connectivity index (χ4v) is 2.81. The minimum absolute atomic E-state index is 0.00706. The number of likely N-dealkylation sites (tertiary alicyclic amines) is 1. The van der Waals surface area contributed by atoms with Crippen molar-refractivity contribution in [2.24, 2.45) is 5.41 Å². The molecule has 1 aliphatic heterocycles. The first kappa shape index (κ1) is 15.0. The van der Waals surface area contributed by atoms with Crippen molar-refractivity contribution in [1.29, 1.82) is 0 Å². The number of hydrogen-bond donors (Lipinski definition) is 0. The first-order chi connectivity index (χ1) is 9.26. The van der Waals surface area contributed by atoms with Gasteiger partial charge in [-0.2, -0.15) is 0 Å². The summed E-state index contributed by atoms with van der Waals surface area (Å²) < 4.78 is 5.81. The fourth-order valence-electron chi connectivity index (χ4n) is 2.81. The van der Waals surface area contributed by atoms with Crippen LogP contribution in [0.2, 0.25) is 0 Å². The van der Waals surface area contributed by atoms with Crippen LogP contribution in [-0.4, -0.2) is 36.1 Å². The van der Waals surface area contributed by atoms with Crippen molar-refractivity contribution in [3.05, 3.63) is 35.9 Å². The summed E-state index contributed by atoms with van der Waals surface area (Å²) in [6.45, 7) is 9.76. The van der Waals surface area contributed by atoms with Crippen LogP contribution < -0.4 is 0 Å². The molecule has 110 valence electrons. The highest BCUT2D eigenvalue weighted by Crippen LogP contribution is 2.44. The number of esters is 1. The van der Waals surface area contributed by atoms with Crippen LogP contribution in [-0.2, 0) is 4.74 Å². The van der Waals surface area contributed by atoms with Crippen LogP contribution in [0.5, 0.6) is 0 Å². The molecule has 0 bridgehead atoms. The number of nitrogens with zero attached hydrogens (tertiary/aromatic N) is 1. The van der Waals surface area contributed by atoms with Crippen molar-refractivity contribution in [2.75, 3.05) is 13.6 Å². The van der Waals surface area contributed by atoms with Crippen LogP contribution in [0.25, 0.3) is 0 Å². The molecule has 1 atom stereocenters. The van der Waals surface area contributed by atoms with E-state index in [1.54, 1.807) is 12.1 Å². The van der Waals surface area contributed by atoms with Gasteiger partial charge in [-0.1, -0.05) is 32.0 Å². The zero-order valence-corrected chi connectivity index (χ0v) is 13.1. The molecule has 2 rings (SSSR count). The molecule has 1 saturated heterocycles. The zero-order chi connectivity index (χ0) is 15.0. The Morgan fingerprint density at radius 2 is 1.80 bits per heavy atom. The highest BCUT2D eigenvalue weighted by atomic mass is 16.5. The summed E-state index contributed by atoms with van der Waals surface area (Å²) in [6.07, 6.45) is 0.826. The Kier molecular flexibility index (Phi) is 3.92. The molecule has 1 fully saturated rings. The molecule has 0 radical (unpaired) electrons. The molecule has 0 spiro atoms. The predicted octanol–water partition coefficient (Wildman–Crippen LogP) is 3.35. The highest BCUT2D eigenvalue weighted by Gasteiger charge is 2.50. The number of ether oxygens (including phenoxy) is 1. The molecule has 1 heterocycles. The van der Waals surface area contributed by atoms with Crippen LogP contribution in [0.3, 0.4) is 0 Å². The average Bonchev–Trinajstić information content (AvgIpc) is 2.41. The Morgan fingerprint density at radius 1 is 1.20 bits per heavy atom. The molecular weight excluding hydrogens is 250 g/mol. The van der Waals surface area contributed by atoms with Gasteiger partial charge in [-0.15, -0.1) is 0 Å². The molecule has 0 aliphatic carbocycles. The van der Waals surface area contributed by atoms with E-state index in [1.165, 1.54) is 0 Å². The second kappa shape index (κ2) is 5.21. The van der Waals surface area contributed by atoms with Gasteiger partial charge < -0.3 is 9.64 Å². The number of carbonyl (C=O) groups is 1. The van der Waals surface area contributed by atoms with E-state index in [4.69, 9.17) is 4.74 Å². The maximum absolute atomic E-state index is 12.3. The van der Waals surface area contributed by atoms with Gasteiger partial charge in [0.15, 0.2) is 0 Å². The molecule has 1 aromatic carbocycles. The van der Waals surface area contributed by atoms with Gasteiger partial charge in [-0.25, -0.2) is 4.79 Å². The van der Waals surface area contributed by atoms with Crippen molar-refractivity contribution in [3.8, 4) is 0 Å². The van der Waals surface area contributed by atoms with E-state index in [0.717, 1.165) is 13.0 Å². The van der Waals surface area contributed by atoms with E-state index in [1.807, 2.05) is 18.2 Å². The standard InChI is InChI=1S/C17H25NO2/c1-16(2)14(11-12-18(5)17(16,3)4)20-15(19)13-9-7-6-8-10-13/h6-10,14H,11-12H2,1-5H3. The van der Waals surface area contributed by atoms with E-state index in [2.05, 4.69) is 39.6 Å². The fraction of sp³-hybridized carbons (Fsp3) is 0.588. The second-order valence-corrected chi connectivity index (χ2v) is 6.75. The van der Waals surface area contributed by atoms with Gasteiger partial charge in [0.25, 0.3) is 0 Å². The highest BCUT2D eigenvalue weighted by molar-refractivity contribution is 5.89. The lowest BCUT2D eigenvalue weighted by molar-refractivity contribution is -0.110. The Labute approximate surface area is 121 Å². The Balaban J connectivity index is 2.16. The maximum atomic E-state index is 12.3. The summed E-state index contributed by atoms with van der Waals surface area (Å²) in [7, 11) is 2.14. The van der Waals surface area contributed by atoms with Crippen LogP contribution in [0.1, 0.15) is 44.5 Å². The minimum atomic E-state index is -0.218. The van der Waals surface area contributed by atoms with Gasteiger partial charge in [0.1, 0.15) is 6.10 Å². The third kappa shape index (κ3) is 2.47. The largest absolute Gasteiger partial charge is 0.458 e. The molecule has 3 nitrogen and oxygen atoms in total. The number of piperidine rings is 1. The van der Waals surface area contributed by atoms with Gasteiger partial charge in [0, 0.05) is 17.5 Å². The molecule has 0 N–H and O–H groups in total. The molecule has 20 heavy (non-hydrogen) atoms. The molecule has 1 aromatic rings. The van der Waals surface area contributed by atoms with Crippen molar-refractivity contribution in [2.45, 2.75) is 45.8 Å². The van der Waals surface area contributed by atoms with Crippen LogP contribution in [0, 0.1) is 5.41 Å². The average molecular weight is 275 g/mol. The lowest BCUT2D eigenvalue weighted by atomic mass is 9.66. The molecule has 1 unspecified atom stereocenters. The van der Waals surface area contributed by atoms with Gasteiger partial charge in [0.2, 0.25) is 0 Å². The van der Waals surface area contributed by atoms with E-state index in [-0.39, 0.29) is 23.0 Å². The van der Waals surface area contributed by atoms with Crippen molar-refractivity contribution in [1.82, 2.24) is 4.90 Å². The molecule has 0 aromatic heterocycles. The Hall–Kier alpha value is -1.35. The molecular formula is C17H25NO2. The first-order valence-electron chi connectivity index (χ1n) is 7.24. The minimum Gasteiger partial charge on any atom is -0.458 e. The smallest absolute Gasteiger partial charge is 0.338 e. The predicted molar refractivity (Wildman–Crippen MR) is 80.8 cm³/mol. The molecule has 3 heteroatoms. The molecule has 0 saturated carbocycles. The summed E-state index contributed by atoms with van der Waals surface area (Å²) in [5, 5.41) is 0. The summed E-state index contributed by atoms with van der Waals surface area (Å²) in [6, 6.07) is 9.23. The third-order valence-electron chi connectivity index (χ3n) is 5.32. The molecule has 0 amide bonds. The van der Waals surface area contributed by atoms with Crippen molar-refractivity contribution < 1.29 is 9.53 Å². The first-order valence-corrected chi connectivity index (χ1v) is 7.24. The second-order valence-electron chi connectivity index (χ2n) is 6.75. The zero-order valence-electron chi connectivity index (χ0n) is 13.1. The number of carbonyl (C=O) groups excluding carboxylic acids is 1. The van der Waals surface area contributed by atoms with E-state index in [9.17, 15) is 4.79 Å². The van der Waals surface area contributed by atoms with E-state index >= 15 is 0 Å². The van der Waals surface area contributed by atoms with Gasteiger partial charge in [-0.3, -0.25) is 0 Å². The van der Waals surface area contributed by atoms with Crippen LogP contribution >= 0.6 is 0 Å². The number of rotatable bonds is 2. The van der Waals surface area contributed by atoms with E-state index in [0.29, 0.717) is 5.56 Å². The van der Waals surface area contributed by atoms with Crippen LogP contribution in [0.15, 0.2) is 30.3 Å². The summed E-state index contributed by atoms with van der Waals surface area (Å²) in [4.78, 5) is 14.6. The van der Waals surface area contributed by atoms with Gasteiger partial charge >= 0.3 is 5.97 Å².